The fourth-order valence-electron chi connectivity index (χ4n) is 6.30. The first-order valence-corrected chi connectivity index (χ1v) is 12.6. The first-order chi connectivity index (χ1) is 18.8. The first-order valence-electron chi connectivity index (χ1n) is 12.6. The molecule has 6 N–H and O–H groups in total. The Morgan fingerprint density at radius 1 is 1.05 bits per heavy atom. The van der Waals surface area contributed by atoms with Crippen molar-refractivity contribution >= 4 is 40.8 Å². The number of carbonyl (C=O) groups excluding carboxylic acids is 6. The number of phenolic OH excluding ortho intramolecular Hbond substituents is 1. The van der Waals surface area contributed by atoms with Gasteiger partial charge in [0.25, 0.3) is 0 Å². The molecule has 7 atom stereocenters. The van der Waals surface area contributed by atoms with Crippen molar-refractivity contribution in [3.63, 3.8) is 0 Å². The lowest BCUT2D eigenvalue weighted by atomic mass is 9.50. The molecule has 12 nitrogen and oxygen atoms in total. The third-order valence-corrected chi connectivity index (χ3v) is 8.33. The molecule has 208 valence electrons. The molecule has 0 spiro atoms. The lowest BCUT2D eigenvalue weighted by molar-refractivity contribution is -0.189. The van der Waals surface area contributed by atoms with Crippen molar-refractivity contribution in [3.8, 4) is 11.5 Å². The number of hydrogen-bond donors (Lipinski definition) is 5. The molecule has 3 aliphatic carbocycles. The molecule has 5 rings (SSSR count). The van der Waals surface area contributed by atoms with Gasteiger partial charge in [-0.1, -0.05) is 30.7 Å². The van der Waals surface area contributed by atoms with E-state index in [1.165, 1.54) is 12.1 Å². The number of aliphatic hydroxyl groups excluding tert-OH is 1. The van der Waals surface area contributed by atoms with Crippen LogP contribution in [0.5, 0.6) is 11.5 Å². The van der Waals surface area contributed by atoms with Gasteiger partial charge in [-0.15, -0.1) is 0 Å². The summed E-state index contributed by atoms with van der Waals surface area (Å²) in [4.78, 5) is 77.2. The number of phenols is 1. The summed E-state index contributed by atoms with van der Waals surface area (Å²) >= 11 is 0. The first kappa shape index (κ1) is 27.2. The maximum atomic E-state index is 13.7. The van der Waals surface area contributed by atoms with E-state index in [0.29, 0.717) is 0 Å². The fourth-order valence-corrected chi connectivity index (χ4v) is 6.30. The second-order valence-electron chi connectivity index (χ2n) is 10.6. The summed E-state index contributed by atoms with van der Waals surface area (Å²) in [6, 6.07) is 9.34. The summed E-state index contributed by atoms with van der Waals surface area (Å²) < 4.78 is 5.19. The Balaban J connectivity index is 1.51. The summed E-state index contributed by atoms with van der Waals surface area (Å²) in [5.74, 6) is -13.9. The average molecular weight is 551 g/mol. The van der Waals surface area contributed by atoms with Crippen LogP contribution in [0, 0.1) is 30.6 Å². The zero-order chi connectivity index (χ0) is 29.3. The number of ether oxygens (including phenoxy) is 1. The number of aromatic hydroxyl groups is 1. The monoisotopic (exact) mass is 550 g/mol. The lowest BCUT2D eigenvalue weighted by Crippen LogP contribution is -2.72. The van der Waals surface area contributed by atoms with E-state index in [0.717, 1.165) is 5.56 Å². The Morgan fingerprint density at radius 3 is 2.33 bits per heavy atom. The summed E-state index contributed by atoms with van der Waals surface area (Å²) in [7, 11) is 0. The van der Waals surface area contributed by atoms with Gasteiger partial charge < -0.3 is 25.8 Å². The van der Waals surface area contributed by atoms with E-state index >= 15 is 0 Å². The van der Waals surface area contributed by atoms with E-state index in [4.69, 9.17) is 10.5 Å². The highest BCUT2D eigenvalue weighted by atomic mass is 16.6. The molecule has 0 aromatic heterocycles. The number of hydrogen-bond acceptors (Lipinski definition) is 10. The molecule has 0 bridgehead atoms. The number of aryl methyl sites for hydroxylation is 1. The number of amides is 2. The van der Waals surface area contributed by atoms with Crippen LogP contribution in [-0.2, 0) is 19.2 Å². The molecule has 2 saturated carbocycles. The van der Waals surface area contributed by atoms with Crippen LogP contribution in [0.1, 0.15) is 40.7 Å². The minimum atomic E-state index is -3.01. The number of primary amides is 1. The van der Waals surface area contributed by atoms with Crippen molar-refractivity contribution in [1.29, 1.82) is 0 Å². The van der Waals surface area contributed by atoms with Gasteiger partial charge in [0, 0.05) is 18.3 Å². The van der Waals surface area contributed by atoms with Crippen LogP contribution in [0.4, 0.5) is 10.5 Å². The Kier molecular flexibility index (Phi) is 6.35. The summed E-state index contributed by atoms with van der Waals surface area (Å²) in [6.07, 6.45) is -3.30. The number of anilines is 1. The Hall–Kier alpha value is -4.42. The number of fused-ring (bicyclic) bond motifs is 3. The number of nitrogens with two attached hydrogens (primary N) is 1. The number of benzene rings is 2. The van der Waals surface area contributed by atoms with Crippen molar-refractivity contribution in [2.24, 2.45) is 29.4 Å². The maximum Gasteiger partial charge on any atom is 0.417 e. The van der Waals surface area contributed by atoms with E-state index in [1.54, 1.807) is 31.2 Å². The van der Waals surface area contributed by atoms with Crippen molar-refractivity contribution in [2.45, 2.75) is 37.9 Å². The average Bonchev–Trinajstić information content (AvgIpc) is 2.89. The van der Waals surface area contributed by atoms with Gasteiger partial charge >= 0.3 is 6.09 Å². The van der Waals surface area contributed by atoms with E-state index < -0.39 is 88.6 Å². The van der Waals surface area contributed by atoms with Gasteiger partial charge in [0.05, 0.1) is 23.3 Å². The highest BCUT2D eigenvalue weighted by molar-refractivity contribution is 6.31. The van der Waals surface area contributed by atoms with Gasteiger partial charge in [-0.25, -0.2) is 4.79 Å². The van der Waals surface area contributed by atoms with Crippen LogP contribution < -0.4 is 15.8 Å². The predicted molar refractivity (Wildman–Crippen MR) is 135 cm³/mol. The normalized spacial score (nSPS) is 31.1. The van der Waals surface area contributed by atoms with E-state index in [-0.39, 0.29) is 22.6 Å². The summed E-state index contributed by atoms with van der Waals surface area (Å²) in [6.45, 7) is 3.44. The second kappa shape index (κ2) is 9.35. The van der Waals surface area contributed by atoms with Crippen LogP contribution in [0.3, 0.4) is 0 Å². The van der Waals surface area contributed by atoms with Gasteiger partial charge in [-0.2, -0.15) is 0 Å². The molecule has 2 aromatic carbocycles. The molecule has 2 unspecified atom stereocenters. The van der Waals surface area contributed by atoms with Crippen LogP contribution in [0.15, 0.2) is 36.4 Å². The highest BCUT2D eigenvalue weighted by Gasteiger charge is 2.69. The van der Waals surface area contributed by atoms with Gasteiger partial charge in [0.1, 0.15) is 11.5 Å². The van der Waals surface area contributed by atoms with Crippen molar-refractivity contribution in [1.82, 2.24) is 0 Å². The molecule has 2 amide bonds. The van der Waals surface area contributed by atoms with Crippen LogP contribution in [0.2, 0.25) is 0 Å². The van der Waals surface area contributed by atoms with Crippen LogP contribution >= 0.6 is 0 Å². The number of nitrogens with one attached hydrogen (secondary N) is 1. The lowest BCUT2D eigenvalue weighted by Gasteiger charge is -2.52. The number of aliphatic hydroxyl groups is 2. The summed E-state index contributed by atoms with van der Waals surface area (Å²) in [5.41, 5.74) is 2.81. The standard InChI is InChI=1S/C28H26N2O10/c1-10-3-5-12(6-4-10)40-27(38)30-15-8-7-13-11(2)17-20(23(34)18(13)22(15)33)25(36)28(39)14(21(17)32)9-16(31)19(24(28)35)26(29)37/h3-8,11,14,17,19-21,32-33,39H,9H2,1-2H3,(H2,29,37)(H,30,38)/t11-,14+,17+,19?,20?,21+,28+/m0/s1. The van der Waals surface area contributed by atoms with Crippen LogP contribution in [0.25, 0.3) is 0 Å². The quantitative estimate of drug-likeness (QED) is 0.268. The van der Waals surface area contributed by atoms with Gasteiger partial charge in [-0.05, 0) is 36.6 Å². The molecule has 3 aliphatic rings. The van der Waals surface area contributed by atoms with Crippen molar-refractivity contribution in [3.05, 3.63) is 53.1 Å². The molecule has 0 saturated heterocycles. The molecule has 12 heteroatoms. The molecule has 2 fully saturated rings. The third-order valence-electron chi connectivity index (χ3n) is 8.33. The van der Waals surface area contributed by atoms with E-state index in [2.05, 4.69) is 5.32 Å². The highest BCUT2D eigenvalue weighted by Crippen LogP contribution is 2.54. The Labute approximate surface area is 227 Å². The number of rotatable bonds is 3. The minimum absolute atomic E-state index is 0.205. The molecule has 0 radical (unpaired) electrons. The fraction of sp³-hybridized carbons (Fsp3) is 0.357. The minimum Gasteiger partial charge on any atom is -0.505 e. The smallest absolute Gasteiger partial charge is 0.417 e. The zero-order valence-electron chi connectivity index (χ0n) is 21.4. The van der Waals surface area contributed by atoms with E-state index in [9.17, 15) is 44.1 Å². The van der Waals surface area contributed by atoms with Gasteiger partial charge in [-0.3, -0.25) is 29.3 Å². The SMILES string of the molecule is Cc1ccc(OC(=O)Nc2ccc3c(c2O)C(=O)C2C(=O)[C@]4(O)C(=O)C(C(N)=O)C(=O)C[C@@H]4[C@@H](O)[C@@H]2[C@H]3C)cc1. The topological polar surface area (TPSA) is 210 Å². The van der Waals surface area contributed by atoms with Crippen molar-refractivity contribution in [2.75, 3.05) is 5.32 Å². The van der Waals surface area contributed by atoms with Crippen molar-refractivity contribution < 1.29 is 48.8 Å². The van der Waals surface area contributed by atoms with Gasteiger partial charge in [0.2, 0.25) is 5.91 Å². The number of Topliss-reactive ketones (excluding diaryl/α,β-unsaturated/α-hetero) is 4. The third kappa shape index (κ3) is 3.82. The molecule has 0 aliphatic heterocycles. The molecule has 2 aromatic rings. The molecule has 40 heavy (non-hydrogen) atoms. The largest absolute Gasteiger partial charge is 0.505 e. The Bertz CT molecular complexity index is 1500. The number of carbonyl (C=O) groups is 6. The molecular formula is C28H26N2O10. The summed E-state index contributed by atoms with van der Waals surface area (Å²) in [5, 5.41) is 35.9. The number of ketones is 4. The molecular weight excluding hydrogens is 524 g/mol. The maximum absolute atomic E-state index is 13.7. The van der Waals surface area contributed by atoms with E-state index in [1.807, 2.05) is 6.92 Å². The second-order valence-corrected chi connectivity index (χ2v) is 10.6. The van der Waals surface area contributed by atoms with Crippen LogP contribution in [-0.4, -0.2) is 62.2 Å². The Morgan fingerprint density at radius 2 is 1.70 bits per heavy atom. The van der Waals surface area contributed by atoms with Gasteiger partial charge in [0.15, 0.2) is 34.7 Å². The zero-order valence-corrected chi connectivity index (χ0v) is 21.4. The predicted octanol–water partition coefficient (Wildman–Crippen LogP) is 0.778. The molecule has 0 heterocycles.